The molecule has 0 spiro atoms. The number of halogens is 2. The van der Waals surface area contributed by atoms with Gasteiger partial charge < -0.3 is 0 Å². The molecule has 0 saturated heterocycles. The van der Waals surface area contributed by atoms with E-state index in [9.17, 15) is 10.2 Å². The van der Waals surface area contributed by atoms with E-state index in [1.165, 1.54) is 16.7 Å². The Morgan fingerprint density at radius 1 is 0.559 bits per heavy atom. The van der Waals surface area contributed by atoms with E-state index in [2.05, 4.69) is 62.4 Å². The second-order valence-electron chi connectivity index (χ2n) is 7.60. The molecule has 0 aliphatic rings. The predicted molar refractivity (Wildman–Crippen MR) is 150 cm³/mol. The van der Waals surface area contributed by atoms with E-state index >= 15 is 0 Å². The van der Waals surface area contributed by atoms with E-state index in [1.54, 1.807) is 48.5 Å². The van der Waals surface area contributed by atoms with Crippen molar-refractivity contribution in [2.24, 2.45) is 0 Å². The van der Waals surface area contributed by atoms with Gasteiger partial charge in [-0.15, -0.1) is 0 Å². The molecule has 0 aliphatic heterocycles. The van der Waals surface area contributed by atoms with Crippen LogP contribution in [-0.2, 0) is 0 Å². The molecule has 0 bridgehead atoms. The van der Waals surface area contributed by atoms with Crippen molar-refractivity contribution in [1.82, 2.24) is 0 Å². The van der Waals surface area contributed by atoms with E-state index in [1.807, 2.05) is 19.9 Å². The number of phenols is 2. The van der Waals surface area contributed by atoms with Gasteiger partial charge >= 0.3 is 111 Å². The summed E-state index contributed by atoms with van der Waals surface area (Å²) in [6.45, 7) is 8.44. The first-order chi connectivity index (χ1) is 16.3. The third kappa shape index (κ3) is 7.96. The molecule has 0 aliphatic carbocycles. The Morgan fingerprint density at radius 3 is 1.32 bits per heavy atom. The van der Waals surface area contributed by atoms with Crippen LogP contribution in [0.15, 0.2) is 103 Å². The van der Waals surface area contributed by atoms with Crippen LogP contribution in [0, 0.1) is 0 Å². The van der Waals surface area contributed by atoms with Gasteiger partial charge in [-0.25, -0.2) is 0 Å². The number of phenolic OH excluding ortho intramolecular Hbond substituents is 2. The molecule has 2 nitrogen and oxygen atoms in total. The third-order valence-electron chi connectivity index (χ3n) is 4.95. The molecule has 0 saturated carbocycles. The van der Waals surface area contributed by atoms with Gasteiger partial charge in [0.25, 0.3) is 0 Å². The minimum atomic E-state index is -3.36. The molecular formula is C29H32Cl2O2Te. The summed E-state index contributed by atoms with van der Waals surface area (Å²) in [6, 6.07) is 32.6. The molecule has 0 heterocycles. The van der Waals surface area contributed by atoms with Crippen LogP contribution in [0.1, 0.15) is 39.2 Å². The van der Waals surface area contributed by atoms with Crippen molar-refractivity contribution in [3.63, 3.8) is 0 Å². The molecule has 0 amide bonds. The summed E-state index contributed by atoms with van der Waals surface area (Å²) in [5.41, 5.74) is 3.97. The molecule has 4 rings (SSSR count). The number of aromatic hydroxyl groups is 2. The summed E-state index contributed by atoms with van der Waals surface area (Å²) in [6.07, 6.45) is 0. The zero-order chi connectivity index (χ0) is 25.1. The van der Waals surface area contributed by atoms with Gasteiger partial charge in [-0.05, 0) is 22.6 Å². The summed E-state index contributed by atoms with van der Waals surface area (Å²) in [5, 5.41) is 18.5. The van der Waals surface area contributed by atoms with E-state index < -0.39 is 15.9 Å². The van der Waals surface area contributed by atoms with Crippen molar-refractivity contribution in [2.45, 2.75) is 33.6 Å². The van der Waals surface area contributed by atoms with Gasteiger partial charge in [0.2, 0.25) is 0 Å². The van der Waals surface area contributed by atoms with Crippen LogP contribution in [0.25, 0.3) is 11.1 Å². The first-order valence-corrected chi connectivity index (χ1v) is 19.5. The zero-order valence-corrected chi connectivity index (χ0v) is 23.8. The fourth-order valence-corrected chi connectivity index (χ4v) is 9.33. The molecule has 2 N–H and O–H groups in total. The fraction of sp³-hybridized carbons (Fsp3) is 0.172. The second kappa shape index (κ2) is 13.7. The molecule has 0 unspecified atom stereocenters. The Hall–Kier alpha value is -2.15. The van der Waals surface area contributed by atoms with Crippen LogP contribution in [0.5, 0.6) is 11.5 Å². The minimum absolute atomic E-state index is 0.187. The maximum absolute atomic E-state index is 9.23. The Labute approximate surface area is 215 Å². The Morgan fingerprint density at radius 2 is 0.941 bits per heavy atom. The Bertz CT molecular complexity index is 1060. The van der Waals surface area contributed by atoms with Crippen LogP contribution < -0.4 is 7.22 Å². The van der Waals surface area contributed by atoms with Crippen molar-refractivity contribution >= 4 is 41.1 Å². The molecule has 0 radical (unpaired) electrons. The standard InChI is InChI=1S/C15H16.C12H10Cl2O2Te.C2H6/c1-12(2)13-8-10-15(11-9-13)14-6-4-3-5-7-14;13-17(14,11-5-1-9(15)2-6-11)12-7-3-10(16)4-8-12;1-2/h3-12H,1-2H3;1-8,15-16H;1-2H3. The SMILES string of the molecule is CC.CC(C)c1ccc(-c2ccccc2)cc1.Oc1ccc([Te](Cl)(Cl)c2ccc(O)cc2)cc1. The normalized spacial score (nSPS) is 11.0. The van der Waals surface area contributed by atoms with Gasteiger partial charge in [0.15, 0.2) is 0 Å². The average molecular weight is 611 g/mol. The summed E-state index contributed by atoms with van der Waals surface area (Å²) in [7, 11) is 13.0. The molecule has 0 aromatic heterocycles. The average Bonchev–Trinajstić information content (AvgIpc) is 2.87. The summed E-state index contributed by atoms with van der Waals surface area (Å²) < 4.78 is 1.69. The second-order valence-corrected chi connectivity index (χ2v) is 20.2. The zero-order valence-electron chi connectivity index (χ0n) is 20.0. The third-order valence-corrected chi connectivity index (χ3v) is 14.7. The van der Waals surface area contributed by atoms with Gasteiger partial charge in [0.1, 0.15) is 0 Å². The summed E-state index contributed by atoms with van der Waals surface area (Å²) in [4.78, 5) is 0. The van der Waals surface area contributed by atoms with Gasteiger partial charge in [-0.3, -0.25) is 0 Å². The van der Waals surface area contributed by atoms with Gasteiger partial charge in [0.05, 0.1) is 0 Å². The molecule has 4 aromatic carbocycles. The number of hydrogen-bond acceptors (Lipinski definition) is 2. The Balaban J connectivity index is 0.000000225. The van der Waals surface area contributed by atoms with Gasteiger partial charge in [-0.1, -0.05) is 82.3 Å². The van der Waals surface area contributed by atoms with E-state index in [-0.39, 0.29) is 11.5 Å². The van der Waals surface area contributed by atoms with Crippen molar-refractivity contribution in [3.8, 4) is 22.6 Å². The summed E-state index contributed by atoms with van der Waals surface area (Å²) in [5.74, 6) is 0.979. The van der Waals surface area contributed by atoms with Gasteiger partial charge in [-0.2, -0.15) is 0 Å². The van der Waals surface area contributed by atoms with Crippen LogP contribution in [0.4, 0.5) is 0 Å². The topological polar surface area (TPSA) is 40.5 Å². The first-order valence-electron chi connectivity index (χ1n) is 11.2. The number of rotatable bonds is 4. The first kappa shape index (κ1) is 28.1. The summed E-state index contributed by atoms with van der Waals surface area (Å²) >= 11 is -3.36. The maximum atomic E-state index is 9.23. The number of hydrogen-bond donors (Lipinski definition) is 2. The van der Waals surface area contributed by atoms with Crippen LogP contribution in [-0.4, -0.2) is 26.2 Å². The quantitative estimate of drug-likeness (QED) is 0.233. The van der Waals surface area contributed by atoms with Crippen LogP contribution >= 0.6 is 17.9 Å². The van der Waals surface area contributed by atoms with Crippen molar-refractivity contribution < 1.29 is 10.2 Å². The monoisotopic (exact) mass is 612 g/mol. The fourth-order valence-electron chi connectivity index (χ4n) is 3.06. The molecular weight excluding hydrogens is 579 g/mol. The van der Waals surface area contributed by atoms with Crippen LogP contribution in [0.3, 0.4) is 0 Å². The molecule has 34 heavy (non-hydrogen) atoms. The molecule has 5 heteroatoms. The number of benzene rings is 4. The predicted octanol–water partition coefficient (Wildman–Crippen LogP) is 7.64. The van der Waals surface area contributed by atoms with Crippen LogP contribution in [0.2, 0.25) is 0 Å². The molecule has 180 valence electrons. The molecule has 0 atom stereocenters. The molecule has 0 fully saturated rings. The van der Waals surface area contributed by atoms with Crippen molar-refractivity contribution in [2.75, 3.05) is 0 Å². The van der Waals surface area contributed by atoms with Crippen molar-refractivity contribution in [1.29, 1.82) is 0 Å². The van der Waals surface area contributed by atoms with E-state index in [4.69, 9.17) is 17.9 Å². The Kier molecular flexibility index (Phi) is 11.3. The van der Waals surface area contributed by atoms with E-state index in [0.717, 1.165) is 7.22 Å². The van der Waals surface area contributed by atoms with E-state index in [0.29, 0.717) is 5.92 Å². The van der Waals surface area contributed by atoms with Gasteiger partial charge in [0, 0.05) is 0 Å². The molecule has 4 aromatic rings. The van der Waals surface area contributed by atoms with Crippen molar-refractivity contribution in [3.05, 3.63) is 109 Å².